The molecule has 108 valence electrons. The van der Waals surface area contributed by atoms with Crippen molar-refractivity contribution < 1.29 is 9.53 Å². The highest BCUT2D eigenvalue weighted by molar-refractivity contribution is 7.03. The Bertz CT molecular complexity index is 766. The Morgan fingerprint density at radius 2 is 1.73 bits per heavy atom. The van der Waals surface area contributed by atoms with Gasteiger partial charge in [0, 0.05) is 10.9 Å². The first-order chi connectivity index (χ1) is 10.8. The number of aromatic nitrogens is 2. The largest absolute Gasteiger partial charge is 0.457 e. The lowest BCUT2D eigenvalue weighted by molar-refractivity contribution is 0.104. The average Bonchev–Trinajstić information content (AvgIpc) is 3.08. The number of ketones is 1. The molecule has 0 bridgehead atoms. The molecule has 0 atom stereocenters. The number of hydrogen-bond donors (Lipinski definition) is 0. The Kier molecular flexibility index (Phi) is 4.36. The third-order valence-electron chi connectivity index (χ3n) is 2.90. The van der Waals surface area contributed by atoms with Gasteiger partial charge in [-0.1, -0.05) is 22.7 Å². The summed E-state index contributed by atoms with van der Waals surface area (Å²) in [6, 6.07) is 16.5. The zero-order valence-electron chi connectivity index (χ0n) is 11.5. The molecule has 22 heavy (non-hydrogen) atoms. The van der Waals surface area contributed by atoms with E-state index in [1.807, 2.05) is 30.3 Å². The van der Waals surface area contributed by atoms with Gasteiger partial charge in [-0.2, -0.15) is 0 Å². The third kappa shape index (κ3) is 3.65. The number of para-hydroxylation sites is 1. The van der Waals surface area contributed by atoms with Gasteiger partial charge in [0.15, 0.2) is 5.78 Å². The van der Waals surface area contributed by atoms with Crippen molar-refractivity contribution in [3.8, 4) is 11.5 Å². The van der Waals surface area contributed by atoms with E-state index in [0.29, 0.717) is 17.0 Å². The molecule has 0 spiro atoms. The van der Waals surface area contributed by atoms with Crippen LogP contribution < -0.4 is 4.74 Å². The maximum Gasteiger partial charge on any atom is 0.185 e. The van der Waals surface area contributed by atoms with Crippen LogP contribution in [0.2, 0.25) is 0 Å². The summed E-state index contributed by atoms with van der Waals surface area (Å²) in [4.78, 5) is 12.0. The number of hydrogen-bond acceptors (Lipinski definition) is 5. The number of rotatable bonds is 5. The summed E-state index contributed by atoms with van der Waals surface area (Å²) in [5, 5.41) is 5.63. The first kappa shape index (κ1) is 14.2. The van der Waals surface area contributed by atoms with E-state index in [9.17, 15) is 4.79 Å². The fraction of sp³-hybridized carbons (Fsp3) is 0. The van der Waals surface area contributed by atoms with Crippen LogP contribution in [0.4, 0.5) is 0 Å². The van der Waals surface area contributed by atoms with E-state index in [-0.39, 0.29) is 5.78 Å². The van der Waals surface area contributed by atoms with Gasteiger partial charge in [-0.15, -0.1) is 5.10 Å². The zero-order valence-corrected chi connectivity index (χ0v) is 12.4. The maximum absolute atomic E-state index is 12.0. The Morgan fingerprint density at radius 3 is 2.41 bits per heavy atom. The molecule has 1 aromatic heterocycles. The molecule has 0 unspecified atom stereocenters. The first-order valence-electron chi connectivity index (χ1n) is 6.64. The second kappa shape index (κ2) is 6.78. The first-order valence-corrected chi connectivity index (χ1v) is 7.47. The molecule has 3 rings (SSSR count). The summed E-state index contributed by atoms with van der Waals surface area (Å²) in [6.07, 6.45) is 3.14. The van der Waals surface area contributed by atoms with E-state index in [4.69, 9.17) is 4.74 Å². The Morgan fingerprint density at radius 1 is 1.00 bits per heavy atom. The molecule has 3 aromatic rings. The van der Waals surface area contributed by atoms with E-state index in [1.165, 1.54) is 17.6 Å². The number of benzene rings is 2. The summed E-state index contributed by atoms with van der Waals surface area (Å²) in [7, 11) is 0. The van der Waals surface area contributed by atoms with E-state index in [2.05, 4.69) is 9.59 Å². The zero-order chi connectivity index (χ0) is 15.2. The van der Waals surface area contributed by atoms with Gasteiger partial charge in [-0.25, -0.2) is 0 Å². The molecule has 0 N–H and O–H groups in total. The highest BCUT2D eigenvalue weighted by Gasteiger charge is 2.03. The monoisotopic (exact) mass is 308 g/mol. The summed E-state index contributed by atoms with van der Waals surface area (Å²) >= 11 is 1.25. The Balaban J connectivity index is 1.67. The van der Waals surface area contributed by atoms with Gasteiger partial charge in [-0.3, -0.25) is 4.79 Å². The van der Waals surface area contributed by atoms with Crippen molar-refractivity contribution in [3.05, 3.63) is 77.3 Å². The summed E-state index contributed by atoms with van der Waals surface area (Å²) in [5.41, 5.74) is 1.28. The van der Waals surface area contributed by atoms with Crippen LogP contribution in [0, 0.1) is 0 Å². The highest BCUT2D eigenvalue weighted by atomic mass is 32.1. The molecule has 0 saturated heterocycles. The van der Waals surface area contributed by atoms with E-state index in [0.717, 1.165) is 5.75 Å². The van der Waals surface area contributed by atoms with Gasteiger partial charge in [0.2, 0.25) is 0 Å². The van der Waals surface area contributed by atoms with E-state index < -0.39 is 0 Å². The van der Waals surface area contributed by atoms with Crippen LogP contribution >= 0.6 is 11.5 Å². The minimum absolute atomic E-state index is 0.0840. The lowest BCUT2D eigenvalue weighted by Gasteiger charge is -2.05. The van der Waals surface area contributed by atoms with Gasteiger partial charge >= 0.3 is 0 Å². The van der Waals surface area contributed by atoms with Gasteiger partial charge < -0.3 is 4.74 Å². The van der Waals surface area contributed by atoms with Crippen LogP contribution in [0.1, 0.15) is 16.1 Å². The van der Waals surface area contributed by atoms with E-state index in [1.54, 1.807) is 35.7 Å². The molecular formula is C17H12N2O2S. The predicted octanol–water partition coefficient (Wildman–Crippen LogP) is 4.23. The fourth-order valence-electron chi connectivity index (χ4n) is 1.81. The van der Waals surface area contributed by atoms with Gasteiger partial charge in [0.05, 0.1) is 5.69 Å². The molecular weight excluding hydrogens is 296 g/mol. The van der Waals surface area contributed by atoms with Crippen molar-refractivity contribution in [2.75, 3.05) is 0 Å². The molecule has 0 aliphatic heterocycles. The predicted molar refractivity (Wildman–Crippen MR) is 86.2 cm³/mol. The standard InChI is InChI=1S/C17H12N2O2S/c20-17(11-8-14-12-22-19-18-14)13-6-9-16(10-7-13)21-15-4-2-1-3-5-15/h1-12H. The smallest absolute Gasteiger partial charge is 0.185 e. The number of carbonyl (C=O) groups excluding carboxylic acids is 1. The summed E-state index contributed by atoms with van der Waals surface area (Å²) in [6.45, 7) is 0. The maximum atomic E-state index is 12.0. The average molecular weight is 308 g/mol. The minimum atomic E-state index is -0.0840. The van der Waals surface area contributed by atoms with Crippen LogP contribution in [0.15, 0.2) is 66.1 Å². The molecule has 0 saturated carbocycles. The minimum Gasteiger partial charge on any atom is -0.457 e. The number of nitrogens with zero attached hydrogens (tertiary/aromatic N) is 2. The van der Waals surface area contributed by atoms with Crippen molar-refractivity contribution in [1.82, 2.24) is 9.59 Å². The number of ether oxygens (including phenoxy) is 1. The molecule has 0 radical (unpaired) electrons. The van der Waals surface area contributed by atoms with Crippen LogP contribution in [0.5, 0.6) is 11.5 Å². The summed E-state index contributed by atoms with van der Waals surface area (Å²) < 4.78 is 9.42. The fourth-order valence-corrected chi connectivity index (χ4v) is 2.24. The van der Waals surface area contributed by atoms with Crippen LogP contribution in [0.25, 0.3) is 6.08 Å². The normalized spacial score (nSPS) is 10.7. The molecule has 0 amide bonds. The summed E-state index contributed by atoms with van der Waals surface area (Å²) in [5.74, 6) is 1.37. The van der Waals surface area contributed by atoms with Crippen LogP contribution in [0.3, 0.4) is 0 Å². The second-order valence-corrected chi connectivity index (χ2v) is 5.08. The molecule has 1 heterocycles. The Labute approximate surface area is 131 Å². The third-order valence-corrected chi connectivity index (χ3v) is 3.42. The van der Waals surface area contributed by atoms with Crippen LogP contribution in [-0.2, 0) is 0 Å². The quantitative estimate of drug-likeness (QED) is 0.523. The van der Waals surface area contributed by atoms with Crippen molar-refractivity contribution in [2.45, 2.75) is 0 Å². The molecule has 0 aliphatic carbocycles. The molecule has 5 heteroatoms. The van der Waals surface area contributed by atoms with Gasteiger partial charge in [0.25, 0.3) is 0 Å². The van der Waals surface area contributed by atoms with Crippen molar-refractivity contribution in [1.29, 1.82) is 0 Å². The van der Waals surface area contributed by atoms with Crippen molar-refractivity contribution >= 4 is 23.4 Å². The number of carbonyl (C=O) groups is 1. The second-order valence-electron chi connectivity index (χ2n) is 4.47. The number of allylic oxidation sites excluding steroid dienone is 1. The SMILES string of the molecule is O=C(C=Cc1csnn1)c1ccc(Oc2ccccc2)cc1. The van der Waals surface area contributed by atoms with Crippen molar-refractivity contribution in [2.24, 2.45) is 0 Å². The van der Waals surface area contributed by atoms with Gasteiger partial charge in [-0.05, 0) is 60.1 Å². The van der Waals surface area contributed by atoms with Crippen molar-refractivity contribution in [3.63, 3.8) is 0 Å². The van der Waals surface area contributed by atoms with Crippen LogP contribution in [-0.4, -0.2) is 15.4 Å². The lowest BCUT2D eigenvalue weighted by atomic mass is 10.1. The molecule has 4 nitrogen and oxygen atoms in total. The Hall–Kier alpha value is -2.79. The van der Waals surface area contributed by atoms with E-state index >= 15 is 0 Å². The highest BCUT2D eigenvalue weighted by Crippen LogP contribution is 2.21. The molecule has 0 fully saturated rings. The lowest BCUT2D eigenvalue weighted by Crippen LogP contribution is -1.94. The topological polar surface area (TPSA) is 52.1 Å². The van der Waals surface area contributed by atoms with Gasteiger partial charge in [0.1, 0.15) is 11.5 Å². The molecule has 0 aliphatic rings. The molecule has 2 aromatic carbocycles.